The summed E-state index contributed by atoms with van der Waals surface area (Å²) < 4.78 is 8.67. The van der Waals surface area contributed by atoms with Gasteiger partial charge in [0.1, 0.15) is 6.61 Å². The zero-order valence-electron chi connectivity index (χ0n) is 9.02. The van der Waals surface area contributed by atoms with Crippen molar-refractivity contribution in [3.8, 4) is 5.75 Å². The molecule has 86 valence electrons. The van der Waals surface area contributed by atoms with Crippen LogP contribution in [0, 0.1) is 0 Å². The summed E-state index contributed by atoms with van der Waals surface area (Å²) in [6, 6.07) is 2.03. The molecule has 0 spiro atoms. The van der Waals surface area contributed by atoms with Crippen LogP contribution < -0.4 is 4.74 Å². The minimum absolute atomic E-state index is 0.593. The molecular formula is C11H13BrN2OS. The van der Waals surface area contributed by atoms with E-state index in [1.54, 1.807) is 17.5 Å². The summed E-state index contributed by atoms with van der Waals surface area (Å²) in [6.45, 7) is 3.66. The highest BCUT2D eigenvalue weighted by molar-refractivity contribution is 9.10. The molecule has 0 amide bonds. The average molecular weight is 301 g/mol. The Morgan fingerprint density at radius 3 is 3.12 bits per heavy atom. The van der Waals surface area contributed by atoms with Crippen molar-refractivity contribution in [2.45, 2.75) is 26.5 Å². The lowest BCUT2D eigenvalue weighted by Crippen LogP contribution is -1.96. The molecule has 0 N–H and O–H groups in total. The molecule has 0 atom stereocenters. The smallest absolute Gasteiger partial charge is 0.157 e. The van der Waals surface area contributed by atoms with Crippen LogP contribution in [0.1, 0.15) is 18.2 Å². The molecule has 0 aliphatic heterocycles. The first kappa shape index (κ1) is 11.7. The van der Waals surface area contributed by atoms with Crippen LogP contribution in [0.5, 0.6) is 5.75 Å². The van der Waals surface area contributed by atoms with Gasteiger partial charge < -0.3 is 4.74 Å². The maximum absolute atomic E-state index is 5.66. The van der Waals surface area contributed by atoms with Gasteiger partial charge in [-0.05, 0) is 33.8 Å². The monoisotopic (exact) mass is 300 g/mol. The molecule has 5 heteroatoms. The largest absolute Gasteiger partial charge is 0.485 e. The molecule has 2 rings (SSSR count). The third kappa shape index (κ3) is 2.86. The van der Waals surface area contributed by atoms with Gasteiger partial charge in [0, 0.05) is 11.0 Å². The van der Waals surface area contributed by atoms with Crippen molar-refractivity contribution in [1.82, 2.24) is 9.78 Å². The zero-order valence-corrected chi connectivity index (χ0v) is 11.4. The lowest BCUT2D eigenvalue weighted by molar-refractivity contribution is 0.308. The van der Waals surface area contributed by atoms with Gasteiger partial charge in [0.05, 0.1) is 17.3 Å². The number of aromatic nitrogens is 2. The molecule has 0 saturated heterocycles. The van der Waals surface area contributed by atoms with Crippen LogP contribution in [0.15, 0.2) is 28.3 Å². The predicted octanol–water partition coefficient (Wildman–Crippen LogP) is 3.70. The summed E-state index contributed by atoms with van der Waals surface area (Å²) in [5.41, 5.74) is 0. The van der Waals surface area contributed by atoms with Crippen LogP contribution in [-0.4, -0.2) is 9.78 Å². The normalized spacial score (nSPS) is 10.6. The van der Waals surface area contributed by atoms with E-state index in [0.29, 0.717) is 6.61 Å². The number of halogens is 1. The predicted molar refractivity (Wildman–Crippen MR) is 68.9 cm³/mol. The highest BCUT2D eigenvalue weighted by atomic mass is 79.9. The zero-order chi connectivity index (χ0) is 11.4. The maximum atomic E-state index is 5.66. The summed E-state index contributed by atoms with van der Waals surface area (Å²) in [5, 5.41) is 6.26. The van der Waals surface area contributed by atoms with E-state index in [4.69, 9.17) is 4.74 Å². The van der Waals surface area contributed by atoms with Crippen LogP contribution in [0.25, 0.3) is 0 Å². The van der Waals surface area contributed by atoms with E-state index in [2.05, 4.69) is 28.0 Å². The highest BCUT2D eigenvalue weighted by Gasteiger charge is 2.03. The third-order valence-corrected chi connectivity index (χ3v) is 4.02. The van der Waals surface area contributed by atoms with Crippen LogP contribution in [0.3, 0.4) is 0 Å². The van der Waals surface area contributed by atoms with Gasteiger partial charge in [0.15, 0.2) is 5.75 Å². The van der Waals surface area contributed by atoms with E-state index in [1.165, 1.54) is 4.88 Å². The van der Waals surface area contributed by atoms with Crippen molar-refractivity contribution in [1.29, 1.82) is 0 Å². The van der Waals surface area contributed by atoms with Crippen LogP contribution in [-0.2, 0) is 13.2 Å². The minimum atomic E-state index is 0.593. The molecule has 0 bridgehead atoms. The van der Waals surface area contributed by atoms with E-state index >= 15 is 0 Å². The van der Waals surface area contributed by atoms with Gasteiger partial charge in [0.2, 0.25) is 0 Å². The highest BCUT2D eigenvalue weighted by Crippen LogP contribution is 2.24. The Hall–Kier alpha value is -0.810. The van der Waals surface area contributed by atoms with Crippen molar-refractivity contribution in [3.05, 3.63) is 33.2 Å². The van der Waals surface area contributed by atoms with Gasteiger partial charge in [-0.2, -0.15) is 5.10 Å². The van der Waals surface area contributed by atoms with Crippen molar-refractivity contribution < 1.29 is 4.74 Å². The van der Waals surface area contributed by atoms with E-state index in [9.17, 15) is 0 Å². The second kappa shape index (κ2) is 5.50. The molecule has 0 aliphatic carbocycles. The molecule has 2 heterocycles. The first-order valence-electron chi connectivity index (χ1n) is 5.16. The third-order valence-electron chi connectivity index (χ3n) is 2.12. The molecule has 2 aromatic rings. The van der Waals surface area contributed by atoms with Gasteiger partial charge in [-0.15, -0.1) is 11.3 Å². The quantitative estimate of drug-likeness (QED) is 0.842. The van der Waals surface area contributed by atoms with Crippen molar-refractivity contribution in [2.75, 3.05) is 0 Å². The van der Waals surface area contributed by atoms with Crippen LogP contribution in [0.4, 0.5) is 0 Å². The number of thiophene rings is 1. The lowest BCUT2D eigenvalue weighted by atomic mass is 10.5. The van der Waals surface area contributed by atoms with Gasteiger partial charge in [-0.1, -0.05) is 6.92 Å². The molecular weight excluding hydrogens is 288 g/mol. The molecule has 0 radical (unpaired) electrons. The number of ether oxygens (including phenoxy) is 1. The molecule has 0 aliphatic rings. The first-order chi connectivity index (χ1) is 7.79. The topological polar surface area (TPSA) is 27.1 Å². The Balaban J connectivity index is 1.92. The van der Waals surface area contributed by atoms with Gasteiger partial charge in [-0.3, -0.25) is 4.68 Å². The molecule has 3 nitrogen and oxygen atoms in total. The van der Waals surface area contributed by atoms with E-state index in [0.717, 1.165) is 23.2 Å². The molecule has 2 aromatic heterocycles. The van der Waals surface area contributed by atoms with Gasteiger partial charge in [-0.25, -0.2) is 0 Å². The number of hydrogen-bond donors (Lipinski definition) is 0. The molecule has 16 heavy (non-hydrogen) atoms. The number of nitrogens with zero attached hydrogens (tertiary/aromatic N) is 2. The number of rotatable bonds is 5. The Bertz CT molecular complexity index is 452. The SMILES string of the molecule is CCCn1cc(OCc2sccc2Br)cn1. The number of hydrogen-bond acceptors (Lipinski definition) is 3. The molecule has 0 saturated carbocycles. The summed E-state index contributed by atoms with van der Waals surface area (Å²) in [5.74, 6) is 0.828. The molecule has 0 aromatic carbocycles. The molecule has 0 fully saturated rings. The fourth-order valence-electron chi connectivity index (χ4n) is 1.35. The standard InChI is InChI=1S/C11H13BrN2OS/c1-2-4-14-7-9(6-13-14)15-8-11-10(12)3-5-16-11/h3,5-7H,2,4,8H2,1H3. The van der Waals surface area contributed by atoms with Crippen molar-refractivity contribution in [2.24, 2.45) is 0 Å². The van der Waals surface area contributed by atoms with Gasteiger partial charge >= 0.3 is 0 Å². The minimum Gasteiger partial charge on any atom is -0.485 e. The Morgan fingerprint density at radius 1 is 1.56 bits per heavy atom. The molecule has 0 unspecified atom stereocenters. The van der Waals surface area contributed by atoms with E-state index < -0.39 is 0 Å². The fraction of sp³-hybridized carbons (Fsp3) is 0.364. The van der Waals surface area contributed by atoms with Crippen LogP contribution >= 0.6 is 27.3 Å². The average Bonchev–Trinajstić information content (AvgIpc) is 2.86. The maximum Gasteiger partial charge on any atom is 0.157 e. The second-order valence-electron chi connectivity index (χ2n) is 3.42. The Labute approximate surface area is 107 Å². The van der Waals surface area contributed by atoms with Crippen LogP contribution in [0.2, 0.25) is 0 Å². The van der Waals surface area contributed by atoms with E-state index in [-0.39, 0.29) is 0 Å². The fourth-order valence-corrected chi connectivity index (χ4v) is 2.73. The second-order valence-corrected chi connectivity index (χ2v) is 5.27. The first-order valence-corrected chi connectivity index (χ1v) is 6.84. The lowest BCUT2D eigenvalue weighted by Gasteiger charge is -2.01. The van der Waals surface area contributed by atoms with E-state index in [1.807, 2.05) is 22.3 Å². The number of aryl methyl sites for hydroxylation is 1. The Morgan fingerprint density at radius 2 is 2.44 bits per heavy atom. The van der Waals surface area contributed by atoms with Crippen molar-refractivity contribution in [3.63, 3.8) is 0 Å². The summed E-state index contributed by atoms with van der Waals surface area (Å²) >= 11 is 5.17. The Kier molecular flexibility index (Phi) is 4.01. The summed E-state index contributed by atoms with van der Waals surface area (Å²) in [6.07, 6.45) is 4.78. The van der Waals surface area contributed by atoms with Gasteiger partial charge in [0.25, 0.3) is 0 Å². The summed E-state index contributed by atoms with van der Waals surface area (Å²) in [4.78, 5) is 1.20. The summed E-state index contributed by atoms with van der Waals surface area (Å²) in [7, 11) is 0. The van der Waals surface area contributed by atoms with Crippen molar-refractivity contribution >= 4 is 27.3 Å².